The summed E-state index contributed by atoms with van der Waals surface area (Å²) >= 11 is 1.54. The molecule has 1 saturated heterocycles. The van der Waals surface area contributed by atoms with Crippen LogP contribution in [-0.4, -0.2) is 46.1 Å². The first-order valence-corrected chi connectivity index (χ1v) is 10.4. The minimum atomic E-state index is -0.943. The molecule has 2 atom stereocenters. The van der Waals surface area contributed by atoms with Crippen LogP contribution >= 0.6 is 11.3 Å². The molecule has 0 radical (unpaired) electrons. The largest absolute Gasteiger partial charge is 0.444 e. The van der Waals surface area contributed by atoms with Gasteiger partial charge in [-0.3, -0.25) is 0 Å². The third-order valence-electron chi connectivity index (χ3n) is 4.31. The number of hydrogen-bond acceptors (Lipinski definition) is 7. The standard InChI is InChI=1S/C20H28N4O3S/c1-20(2,3)27-19(26)24-11-7-8-14(12-24)17-22-16(13-28-17)23-18(25)21-15-9-5-4-6-10-15/h4-6,9-10,13-14,18,21,23,25H,7-8,11-12H2,1-3H3. The molecule has 3 N–H and O–H groups in total. The van der Waals surface area contributed by atoms with Gasteiger partial charge >= 0.3 is 6.09 Å². The molecule has 0 spiro atoms. The number of piperidine rings is 1. The average molecular weight is 405 g/mol. The molecule has 1 aromatic heterocycles. The quantitative estimate of drug-likeness (QED) is 0.652. The number of aliphatic hydroxyl groups is 1. The van der Waals surface area contributed by atoms with Crippen LogP contribution in [0, 0.1) is 0 Å². The molecular weight excluding hydrogens is 376 g/mol. The molecule has 2 unspecified atom stereocenters. The Labute approximate surface area is 169 Å². The fourth-order valence-electron chi connectivity index (χ4n) is 3.08. The Morgan fingerprint density at radius 2 is 2.07 bits per heavy atom. The van der Waals surface area contributed by atoms with Crippen molar-refractivity contribution in [1.29, 1.82) is 0 Å². The number of nitrogens with one attached hydrogen (secondary N) is 2. The van der Waals surface area contributed by atoms with E-state index in [4.69, 9.17) is 4.74 Å². The second-order valence-electron chi connectivity index (χ2n) is 7.89. The van der Waals surface area contributed by atoms with Crippen molar-refractivity contribution in [2.45, 2.75) is 51.5 Å². The molecule has 152 valence electrons. The van der Waals surface area contributed by atoms with E-state index in [0.717, 1.165) is 23.5 Å². The number of aliphatic hydroxyl groups excluding tert-OH is 1. The van der Waals surface area contributed by atoms with Gasteiger partial charge in [-0.1, -0.05) is 18.2 Å². The third kappa shape index (κ3) is 5.84. The molecule has 2 aromatic rings. The van der Waals surface area contributed by atoms with Crippen molar-refractivity contribution in [3.63, 3.8) is 0 Å². The van der Waals surface area contributed by atoms with Crippen molar-refractivity contribution >= 4 is 28.9 Å². The monoisotopic (exact) mass is 404 g/mol. The average Bonchev–Trinajstić information content (AvgIpc) is 3.09. The molecule has 3 rings (SSSR count). The first kappa shape index (κ1) is 20.4. The van der Waals surface area contributed by atoms with Crippen LogP contribution in [0.4, 0.5) is 16.3 Å². The number of thiazole rings is 1. The van der Waals surface area contributed by atoms with Gasteiger partial charge in [0.2, 0.25) is 6.35 Å². The third-order valence-corrected chi connectivity index (χ3v) is 5.31. The Bertz CT molecular complexity index is 775. The number of benzene rings is 1. The Hall–Kier alpha value is -2.32. The maximum Gasteiger partial charge on any atom is 0.410 e. The lowest BCUT2D eigenvalue weighted by atomic mass is 9.99. The minimum absolute atomic E-state index is 0.182. The highest BCUT2D eigenvalue weighted by Crippen LogP contribution is 2.31. The summed E-state index contributed by atoms with van der Waals surface area (Å²) in [6.07, 6.45) is 0.693. The second-order valence-corrected chi connectivity index (χ2v) is 8.78. The molecule has 1 aliphatic heterocycles. The molecule has 0 aliphatic carbocycles. The molecule has 1 aromatic carbocycles. The molecule has 8 heteroatoms. The van der Waals surface area contributed by atoms with Gasteiger partial charge in [-0.25, -0.2) is 9.78 Å². The highest BCUT2D eigenvalue weighted by Gasteiger charge is 2.29. The predicted octanol–water partition coefficient (Wildman–Crippen LogP) is 4.06. The summed E-state index contributed by atoms with van der Waals surface area (Å²) in [5, 5.41) is 18.9. The topological polar surface area (TPSA) is 86.7 Å². The van der Waals surface area contributed by atoms with Crippen molar-refractivity contribution in [2.75, 3.05) is 23.7 Å². The number of ether oxygens (including phenoxy) is 1. The van der Waals surface area contributed by atoms with Crippen molar-refractivity contribution < 1.29 is 14.6 Å². The summed E-state index contributed by atoms with van der Waals surface area (Å²) < 4.78 is 5.49. The van der Waals surface area contributed by atoms with Crippen LogP contribution in [0.2, 0.25) is 0 Å². The highest BCUT2D eigenvalue weighted by molar-refractivity contribution is 7.10. The maximum atomic E-state index is 12.3. The lowest BCUT2D eigenvalue weighted by Gasteiger charge is -2.33. The first-order chi connectivity index (χ1) is 13.3. The number of amides is 1. The van der Waals surface area contributed by atoms with Crippen LogP contribution in [0.25, 0.3) is 0 Å². The van der Waals surface area contributed by atoms with Gasteiger partial charge in [0, 0.05) is 30.1 Å². The van der Waals surface area contributed by atoms with Crippen LogP contribution in [-0.2, 0) is 4.74 Å². The van der Waals surface area contributed by atoms with Crippen LogP contribution in [0.15, 0.2) is 35.7 Å². The molecular formula is C20H28N4O3S. The van der Waals surface area contributed by atoms with E-state index in [9.17, 15) is 9.90 Å². The van der Waals surface area contributed by atoms with Crippen LogP contribution in [0.3, 0.4) is 0 Å². The summed E-state index contributed by atoms with van der Waals surface area (Å²) in [6, 6.07) is 9.47. The number of likely N-dealkylation sites (tertiary alicyclic amines) is 1. The van der Waals surface area contributed by atoms with E-state index in [0.29, 0.717) is 18.9 Å². The highest BCUT2D eigenvalue weighted by atomic mass is 32.1. The summed E-state index contributed by atoms with van der Waals surface area (Å²) in [5.74, 6) is 0.798. The number of carbonyl (C=O) groups excluding carboxylic acids is 1. The fourth-order valence-corrected chi connectivity index (χ4v) is 3.97. The molecule has 7 nitrogen and oxygen atoms in total. The summed E-state index contributed by atoms with van der Waals surface area (Å²) in [7, 11) is 0. The molecule has 2 heterocycles. The van der Waals surface area contributed by atoms with E-state index in [2.05, 4.69) is 15.6 Å². The fraction of sp³-hybridized carbons (Fsp3) is 0.500. The number of hydrogen-bond donors (Lipinski definition) is 3. The number of carbonyl (C=O) groups is 1. The Kier molecular flexibility index (Phi) is 6.41. The smallest absolute Gasteiger partial charge is 0.410 e. The van der Waals surface area contributed by atoms with Gasteiger partial charge in [0.25, 0.3) is 0 Å². The van der Waals surface area contributed by atoms with E-state index in [1.807, 2.05) is 56.5 Å². The lowest BCUT2D eigenvalue weighted by molar-refractivity contribution is 0.0198. The van der Waals surface area contributed by atoms with Crippen molar-refractivity contribution in [3.05, 3.63) is 40.7 Å². The van der Waals surface area contributed by atoms with Gasteiger partial charge in [0.15, 0.2) is 0 Å². The molecule has 0 saturated carbocycles. The molecule has 1 amide bonds. The van der Waals surface area contributed by atoms with Crippen LogP contribution in [0.5, 0.6) is 0 Å². The van der Waals surface area contributed by atoms with Crippen molar-refractivity contribution in [1.82, 2.24) is 9.88 Å². The van der Waals surface area contributed by atoms with Crippen molar-refractivity contribution in [2.24, 2.45) is 0 Å². The predicted molar refractivity (Wildman–Crippen MR) is 112 cm³/mol. The Morgan fingerprint density at radius 1 is 1.32 bits per heavy atom. The Balaban J connectivity index is 1.56. The van der Waals surface area contributed by atoms with E-state index in [1.54, 1.807) is 4.90 Å². The zero-order valence-corrected chi connectivity index (χ0v) is 17.3. The van der Waals surface area contributed by atoms with E-state index in [-0.39, 0.29) is 12.0 Å². The Morgan fingerprint density at radius 3 is 2.79 bits per heavy atom. The minimum Gasteiger partial charge on any atom is -0.444 e. The number of para-hydroxylation sites is 1. The van der Waals surface area contributed by atoms with Gasteiger partial charge in [-0.2, -0.15) is 0 Å². The van der Waals surface area contributed by atoms with Crippen LogP contribution in [0.1, 0.15) is 44.5 Å². The van der Waals surface area contributed by atoms with Gasteiger partial charge in [-0.05, 0) is 45.7 Å². The normalized spacial score (nSPS) is 18.4. The molecule has 1 aliphatic rings. The number of anilines is 2. The number of rotatable bonds is 5. The van der Waals surface area contributed by atoms with Crippen molar-refractivity contribution in [3.8, 4) is 0 Å². The molecule has 1 fully saturated rings. The summed E-state index contributed by atoms with van der Waals surface area (Å²) in [4.78, 5) is 18.7. The van der Waals surface area contributed by atoms with E-state index < -0.39 is 12.0 Å². The van der Waals surface area contributed by atoms with Gasteiger partial charge in [0.1, 0.15) is 11.4 Å². The van der Waals surface area contributed by atoms with Gasteiger partial charge in [-0.15, -0.1) is 11.3 Å². The van der Waals surface area contributed by atoms with Gasteiger partial charge in [0.05, 0.1) is 5.01 Å². The van der Waals surface area contributed by atoms with E-state index in [1.165, 1.54) is 11.3 Å². The maximum absolute atomic E-state index is 12.3. The SMILES string of the molecule is CC(C)(C)OC(=O)N1CCCC(c2nc(NC(O)Nc3ccccc3)cs2)C1. The number of nitrogens with zero attached hydrogens (tertiary/aromatic N) is 2. The van der Waals surface area contributed by atoms with E-state index >= 15 is 0 Å². The summed E-state index contributed by atoms with van der Waals surface area (Å²) in [6.45, 7) is 6.94. The zero-order chi connectivity index (χ0) is 20.1. The lowest BCUT2D eigenvalue weighted by Crippen LogP contribution is -2.42. The second kappa shape index (κ2) is 8.79. The van der Waals surface area contributed by atoms with Gasteiger partial charge < -0.3 is 25.4 Å². The molecule has 0 bridgehead atoms. The summed E-state index contributed by atoms with van der Waals surface area (Å²) in [5.41, 5.74) is 0.322. The molecule has 28 heavy (non-hydrogen) atoms. The first-order valence-electron chi connectivity index (χ1n) is 9.50. The van der Waals surface area contributed by atoms with Crippen LogP contribution < -0.4 is 10.6 Å². The zero-order valence-electron chi connectivity index (χ0n) is 16.5. The number of aromatic nitrogens is 1.